The summed E-state index contributed by atoms with van der Waals surface area (Å²) in [5.41, 5.74) is 6.60. The molecule has 0 aliphatic rings. The van der Waals surface area contributed by atoms with E-state index in [2.05, 4.69) is 21.9 Å². The van der Waals surface area contributed by atoms with Crippen molar-refractivity contribution in [3.8, 4) is 23.8 Å². The number of ether oxygens (including phenoxy) is 2. The van der Waals surface area contributed by atoms with E-state index in [4.69, 9.17) is 21.6 Å². The zero-order chi connectivity index (χ0) is 12.7. The fourth-order valence-corrected chi connectivity index (χ4v) is 1.96. The van der Waals surface area contributed by atoms with E-state index in [1.165, 1.54) is 0 Å². The second-order valence-corrected chi connectivity index (χ2v) is 4.20. The number of terminal acetylenes is 1. The highest BCUT2D eigenvalue weighted by Crippen LogP contribution is 2.36. The molecule has 1 aromatic rings. The lowest BCUT2D eigenvalue weighted by Crippen LogP contribution is -2.03. The molecule has 0 radical (unpaired) electrons. The van der Waals surface area contributed by atoms with E-state index < -0.39 is 0 Å². The van der Waals surface area contributed by atoms with Gasteiger partial charge in [-0.3, -0.25) is 0 Å². The van der Waals surface area contributed by atoms with Crippen molar-refractivity contribution in [2.45, 2.75) is 19.9 Å². The SMILES string of the molecule is C#CCCOc1c(Br)cc(CN)cc1OCC. The number of benzene rings is 1. The van der Waals surface area contributed by atoms with Crippen LogP contribution in [0.2, 0.25) is 0 Å². The Morgan fingerprint density at radius 1 is 1.41 bits per heavy atom. The average Bonchev–Trinajstić information content (AvgIpc) is 2.32. The molecule has 3 nitrogen and oxygen atoms in total. The second kappa shape index (κ2) is 7.21. The van der Waals surface area contributed by atoms with Gasteiger partial charge in [-0.25, -0.2) is 0 Å². The van der Waals surface area contributed by atoms with Crippen LogP contribution in [0.15, 0.2) is 16.6 Å². The van der Waals surface area contributed by atoms with E-state index in [0.717, 1.165) is 10.0 Å². The highest BCUT2D eigenvalue weighted by Gasteiger charge is 2.11. The summed E-state index contributed by atoms with van der Waals surface area (Å²) in [6.45, 7) is 3.43. The molecule has 0 saturated heterocycles. The fraction of sp³-hybridized carbons (Fsp3) is 0.385. The number of nitrogens with two attached hydrogens (primary N) is 1. The molecule has 0 amide bonds. The molecule has 0 aliphatic carbocycles. The smallest absolute Gasteiger partial charge is 0.175 e. The van der Waals surface area contributed by atoms with E-state index in [-0.39, 0.29) is 0 Å². The zero-order valence-electron chi connectivity index (χ0n) is 9.83. The fourth-order valence-electron chi connectivity index (χ4n) is 1.35. The van der Waals surface area contributed by atoms with Crippen molar-refractivity contribution in [2.24, 2.45) is 5.73 Å². The quantitative estimate of drug-likeness (QED) is 0.649. The van der Waals surface area contributed by atoms with Crippen LogP contribution in [-0.4, -0.2) is 13.2 Å². The van der Waals surface area contributed by atoms with Gasteiger partial charge in [0.05, 0.1) is 17.7 Å². The van der Waals surface area contributed by atoms with Crippen molar-refractivity contribution >= 4 is 15.9 Å². The van der Waals surface area contributed by atoms with Gasteiger partial charge in [-0.05, 0) is 40.5 Å². The third-order valence-electron chi connectivity index (χ3n) is 2.10. The van der Waals surface area contributed by atoms with Crippen molar-refractivity contribution in [3.63, 3.8) is 0 Å². The van der Waals surface area contributed by atoms with Crippen LogP contribution in [0.4, 0.5) is 0 Å². The Kier molecular flexibility index (Phi) is 5.88. The highest BCUT2D eigenvalue weighted by atomic mass is 79.9. The molecule has 1 aromatic carbocycles. The molecule has 0 spiro atoms. The highest BCUT2D eigenvalue weighted by molar-refractivity contribution is 9.10. The number of halogens is 1. The molecule has 4 heteroatoms. The maximum absolute atomic E-state index is 5.61. The molecule has 17 heavy (non-hydrogen) atoms. The van der Waals surface area contributed by atoms with Crippen LogP contribution in [0, 0.1) is 12.3 Å². The van der Waals surface area contributed by atoms with Crippen LogP contribution < -0.4 is 15.2 Å². The first-order chi connectivity index (χ1) is 8.22. The maximum Gasteiger partial charge on any atom is 0.175 e. The lowest BCUT2D eigenvalue weighted by atomic mass is 10.2. The molecule has 0 atom stereocenters. The summed E-state index contributed by atoms with van der Waals surface area (Å²) in [6.07, 6.45) is 5.75. The molecule has 0 fully saturated rings. The minimum absolute atomic E-state index is 0.462. The molecule has 0 aliphatic heterocycles. The number of rotatable bonds is 6. The van der Waals surface area contributed by atoms with Crippen molar-refractivity contribution in [3.05, 3.63) is 22.2 Å². The van der Waals surface area contributed by atoms with E-state index >= 15 is 0 Å². The normalized spacial score (nSPS) is 9.76. The molecule has 0 saturated carbocycles. The first-order valence-corrected chi connectivity index (χ1v) is 6.23. The van der Waals surface area contributed by atoms with Crippen LogP contribution in [0.3, 0.4) is 0 Å². The lowest BCUT2D eigenvalue weighted by molar-refractivity contribution is 0.280. The van der Waals surface area contributed by atoms with Crippen molar-refractivity contribution in [1.29, 1.82) is 0 Å². The van der Waals surface area contributed by atoms with Gasteiger partial charge in [0.2, 0.25) is 0 Å². The Labute approximate surface area is 110 Å². The van der Waals surface area contributed by atoms with Crippen LogP contribution in [0.5, 0.6) is 11.5 Å². The van der Waals surface area contributed by atoms with Gasteiger partial charge in [-0.2, -0.15) is 0 Å². The Morgan fingerprint density at radius 3 is 2.76 bits per heavy atom. The van der Waals surface area contributed by atoms with Gasteiger partial charge in [0, 0.05) is 13.0 Å². The Bertz CT molecular complexity index is 413. The van der Waals surface area contributed by atoms with Crippen LogP contribution in [0.1, 0.15) is 18.9 Å². The summed E-state index contributed by atoms with van der Waals surface area (Å²) in [7, 11) is 0. The summed E-state index contributed by atoms with van der Waals surface area (Å²) in [5, 5.41) is 0. The van der Waals surface area contributed by atoms with Gasteiger partial charge in [0.25, 0.3) is 0 Å². The first kappa shape index (κ1) is 13.9. The summed E-state index contributed by atoms with van der Waals surface area (Å²) >= 11 is 3.45. The topological polar surface area (TPSA) is 44.5 Å². The summed E-state index contributed by atoms with van der Waals surface area (Å²) < 4.78 is 12.0. The van der Waals surface area contributed by atoms with Gasteiger partial charge in [-0.15, -0.1) is 12.3 Å². The van der Waals surface area contributed by atoms with E-state index in [1.54, 1.807) is 0 Å². The number of hydrogen-bond donors (Lipinski definition) is 1. The molecule has 0 aromatic heterocycles. The second-order valence-electron chi connectivity index (χ2n) is 3.34. The van der Waals surface area contributed by atoms with Crippen molar-refractivity contribution < 1.29 is 9.47 Å². The monoisotopic (exact) mass is 297 g/mol. The van der Waals surface area contributed by atoms with E-state index in [0.29, 0.717) is 37.7 Å². The number of hydrogen-bond acceptors (Lipinski definition) is 3. The van der Waals surface area contributed by atoms with Crippen LogP contribution in [-0.2, 0) is 6.54 Å². The van der Waals surface area contributed by atoms with Crippen LogP contribution in [0.25, 0.3) is 0 Å². The predicted molar refractivity (Wildman–Crippen MR) is 72.1 cm³/mol. The molecule has 0 heterocycles. The van der Waals surface area contributed by atoms with E-state index in [1.807, 2.05) is 19.1 Å². The molecule has 92 valence electrons. The molecule has 0 bridgehead atoms. The lowest BCUT2D eigenvalue weighted by Gasteiger charge is -2.14. The summed E-state index contributed by atoms with van der Waals surface area (Å²) in [5.74, 6) is 3.90. The van der Waals surface area contributed by atoms with Gasteiger partial charge < -0.3 is 15.2 Å². The minimum atomic E-state index is 0.462. The van der Waals surface area contributed by atoms with Crippen LogP contribution >= 0.6 is 15.9 Å². The van der Waals surface area contributed by atoms with Gasteiger partial charge in [-0.1, -0.05) is 0 Å². The summed E-state index contributed by atoms with van der Waals surface area (Å²) in [6, 6.07) is 3.81. The molecule has 2 N–H and O–H groups in total. The first-order valence-electron chi connectivity index (χ1n) is 5.44. The van der Waals surface area contributed by atoms with E-state index in [9.17, 15) is 0 Å². The Balaban J connectivity index is 2.95. The third-order valence-corrected chi connectivity index (χ3v) is 2.69. The Hall–Kier alpha value is -1.18. The maximum atomic E-state index is 5.61. The molecular weight excluding hydrogens is 282 g/mol. The van der Waals surface area contributed by atoms with Crippen molar-refractivity contribution in [2.75, 3.05) is 13.2 Å². The predicted octanol–water partition coefficient (Wildman–Crippen LogP) is 2.71. The van der Waals surface area contributed by atoms with Crippen molar-refractivity contribution in [1.82, 2.24) is 0 Å². The molecular formula is C13H16BrNO2. The third kappa shape index (κ3) is 3.95. The minimum Gasteiger partial charge on any atom is -0.490 e. The zero-order valence-corrected chi connectivity index (χ0v) is 11.4. The summed E-state index contributed by atoms with van der Waals surface area (Å²) in [4.78, 5) is 0. The molecule has 1 rings (SSSR count). The average molecular weight is 298 g/mol. The Morgan fingerprint density at radius 2 is 2.18 bits per heavy atom. The molecule has 0 unspecified atom stereocenters. The van der Waals surface area contributed by atoms with Gasteiger partial charge >= 0.3 is 0 Å². The van der Waals surface area contributed by atoms with Gasteiger partial charge in [0.1, 0.15) is 0 Å². The standard InChI is InChI=1S/C13H16BrNO2/c1-3-5-6-17-13-11(14)7-10(9-15)8-12(13)16-4-2/h1,7-8H,4-6,9,15H2,2H3. The largest absolute Gasteiger partial charge is 0.490 e. The van der Waals surface area contributed by atoms with Gasteiger partial charge in [0.15, 0.2) is 11.5 Å².